The summed E-state index contributed by atoms with van der Waals surface area (Å²) >= 11 is 0. The summed E-state index contributed by atoms with van der Waals surface area (Å²) in [5.74, 6) is -0.124. The van der Waals surface area contributed by atoms with Crippen molar-refractivity contribution in [2.45, 2.75) is 19.4 Å². The smallest absolute Gasteiger partial charge is 0.253 e. The van der Waals surface area contributed by atoms with Crippen molar-refractivity contribution < 1.29 is 4.79 Å². The minimum Gasteiger partial charge on any atom is -0.383 e. The largest absolute Gasteiger partial charge is 0.383 e. The lowest BCUT2D eigenvalue weighted by atomic mass is 10.1. The Morgan fingerprint density at radius 2 is 1.69 bits per heavy atom. The Morgan fingerprint density at radius 1 is 1.00 bits per heavy atom. The molecule has 0 bridgehead atoms. The standard InChI is InChI=1S/C22H23N3O/c1-17(19-10-6-3-7-11-19)25-22(26)20-14-21(16-23-15-20)24-13-12-18-8-4-2-5-9-18/h2-11,14-17,24H,12-13H2,1H3,(H,25,26). The number of rotatable bonds is 7. The molecule has 4 nitrogen and oxygen atoms in total. The Hall–Kier alpha value is -3.14. The highest BCUT2D eigenvalue weighted by Crippen LogP contribution is 2.14. The van der Waals surface area contributed by atoms with Crippen LogP contribution in [-0.4, -0.2) is 17.4 Å². The van der Waals surface area contributed by atoms with E-state index in [1.165, 1.54) is 5.56 Å². The van der Waals surface area contributed by atoms with Gasteiger partial charge in [0.05, 0.1) is 17.3 Å². The van der Waals surface area contributed by atoms with E-state index >= 15 is 0 Å². The maximum absolute atomic E-state index is 12.5. The molecule has 1 unspecified atom stereocenters. The van der Waals surface area contributed by atoms with E-state index in [1.54, 1.807) is 12.4 Å². The third-order valence-corrected chi connectivity index (χ3v) is 4.23. The fourth-order valence-electron chi connectivity index (χ4n) is 2.76. The number of hydrogen-bond donors (Lipinski definition) is 2. The van der Waals surface area contributed by atoms with Crippen LogP contribution in [0.4, 0.5) is 5.69 Å². The lowest BCUT2D eigenvalue weighted by Crippen LogP contribution is -2.26. The van der Waals surface area contributed by atoms with Gasteiger partial charge in [0.1, 0.15) is 0 Å². The second-order valence-electron chi connectivity index (χ2n) is 6.23. The molecule has 0 aliphatic carbocycles. The van der Waals surface area contributed by atoms with Crippen LogP contribution in [0.5, 0.6) is 0 Å². The third kappa shape index (κ3) is 4.93. The van der Waals surface area contributed by atoms with Gasteiger partial charge >= 0.3 is 0 Å². The average molecular weight is 345 g/mol. The number of carbonyl (C=O) groups excluding carboxylic acids is 1. The van der Waals surface area contributed by atoms with E-state index in [-0.39, 0.29) is 11.9 Å². The van der Waals surface area contributed by atoms with Crippen LogP contribution in [0.25, 0.3) is 0 Å². The SMILES string of the molecule is CC(NC(=O)c1cncc(NCCc2ccccc2)c1)c1ccccc1. The third-order valence-electron chi connectivity index (χ3n) is 4.23. The van der Waals surface area contributed by atoms with E-state index < -0.39 is 0 Å². The van der Waals surface area contributed by atoms with Crippen molar-refractivity contribution in [2.24, 2.45) is 0 Å². The second-order valence-corrected chi connectivity index (χ2v) is 6.23. The topological polar surface area (TPSA) is 54.0 Å². The maximum atomic E-state index is 12.5. The van der Waals surface area contributed by atoms with Crippen LogP contribution in [-0.2, 0) is 6.42 Å². The van der Waals surface area contributed by atoms with Gasteiger partial charge in [-0.25, -0.2) is 0 Å². The van der Waals surface area contributed by atoms with E-state index in [0.29, 0.717) is 5.56 Å². The molecule has 0 saturated carbocycles. The minimum atomic E-state index is -0.124. The number of anilines is 1. The molecule has 0 aliphatic rings. The van der Waals surface area contributed by atoms with E-state index in [0.717, 1.165) is 24.2 Å². The Bertz CT molecular complexity index is 834. The Balaban J connectivity index is 1.57. The molecule has 1 atom stereocenters. The summed E-state index contributed by atoms with van der Waals surface area (Å²) in [5, 5.41) is 6.35. The Morgan fingerprint density at radius 3 is 2.42 bits per heavy atom. The Labute approximate surface area is 154 Å². The zero-order chi connectivity index (χ0) is 18.2. The quantitative estimate of drug-likeness (QED) is 0.674. The summed E-state index contributed by atoms with van der Waals surface area (Å²) < 4.78 is 0. The number of amides is 1. The lowest BCUT2D eigenvalue weighted by Gasteiger charge is -2.14. The molecule has 1 amide bonds. The van der Waals surface area contributed by atoms with Crippen LogP contribution in [0, 0.1) is 0 Å². The maximum Gasteiger partial charge on any atom is 0.253 e. The van der Waals surface area contributed by atoms with Crippen molar-refractivity contribution in [3.05, 3.63) is 95.8 Å². The molecule has 0 saturated heterocycles. The molecule has 1 aromatic heterocycles. The minimum absolute atomic E-state index is 0.0570. The molecule has 2 aromatic carbocycles. The fourth-order valence-corrected chi connectivity index (χ4v) is 2.76. The average Bonchev–Trinajstić information content (AvgIpc) is 2.69. The van der Waals surface area contributed by atoms with E-state index in [4.69, 9.17) is 0 Å². The highest BCUT2D eigenvalue weighted by atomic mass is 16.1. The predicted octanol–water partition coefficient (Wildman–Crippen LogP) is 4.23. The first kappa shape index (κ1) is 17.7. The molecule has 3 aromatic rings. The summed E-state index contributed by atoms with van der Waals surface area (Å²) in [5.41, 5.74) is 3.75. The van der Waals surface area contributed by atoms with Crippen LogP contribution in [0.3, 0.4) is 0 Å². The summed E-state index contributed by atoms with van der Waals surface area (Å²) in [6.07, 6.45) is 4.25. The van der Waals surface area contributed by atoms with Crippen molar-refractivity contribution >= 4 is 11.6 Å². The summed E-state index contributed by atoms with van der Waals surface area (Å²) in [6, 6.07) is 22.0. The number of benzene rings is 2. The van der Waals surface area contributed by atoms with Gasteiger partial charge in [-0.3, -0.25) is 9.78 Å². The van der Waals surface area contributed by atoms with Gasteiger partial charge in [0.15, 0.2) is 0 Å². The summed E-state index contributed by atoms with van der Waals surface area (Å²) in [6.45, 7) is 2.76. The molecule has 1 heterocycles. The van der Waals surface area contributed by atoms with E-state index in [1.807, 2.05) is 61.5 Å². The predicted molar refractivity (Wildman–Crippen MR) is 105 cm³/mol. The number of pyridine rings is 1. The van der Waals surface area contributed by atoms with Gasteiger partial charge in [-0.1, -0.05) is 60.7 Å². The number of hydrogen-bond acceptors (Lipinski definition) is 3. The first-order chi connectivity index (χ1) is 12.7. The normalized spacial score (nSPS) is 11.6. The molecular weight excluding hydrogens is 322 g/mol. The summed E-state index contributed by atoms with van der Waals surface area (Å²) in [4.78, 5) is 16.7. The fraction of sp³-hybridized carbons (Fsp3) is 0.182. The van der Waals surface area contributed by atoms with Gasteiger partial charge in [0, 0.05) is 18.9 Å². The van der Waals surface area contributed by atoms with Crippen molar-refractivity contribution in [1.82, 2.24) is 10.3 Å². The number of nitrogens with zero attached hydrogens (tertiary/aromatic N) is 1. The van der Waals surface area contributed by atoms with Crippen LogP contribution in [0.15, 0.2) is 79.1 Å². The molecule has 0 radical (unpaired) electrons. The number of carbonyl (C=O) groups is 1. The zero-order valence-electron chi connectivity index (χ0n) is 14.9. The van der Waals surface area contributed by atoms with Gasteiger partial charge in [-0.2, -0.15) is 0 Å². The molecule has 0 fully saturated rings. The van der Waals surface area contributed by atoms with Gasteiger partial charge < -0.3 is 10.6 Å². The molecular formula is C22H23N3O. The molecule has 2 N–H and O–H groups in total. The van der Waals surface area contributed by atoms with E-state index in [2.05, 4.69) is 27.8 Å². The molecule has 4 heteroatoms. The van der Waals surface area contributed by atoms with E-state index in [9.17, 15) is 4.79 Å². The zero-order valence-corrected chi connectivity index (χ0v) is 14.9. The van der Waals surface area contributed by atoms with Crippen LogP contribution in [0.1, 0.15) is 34.5 Å². The van der Waals surface area contributed by atoms with Crippen molar-refractivity contribution in [2.75, 3.05) is 11.9 Å². The molecule has 0 aliphatic heterocycles. The monoisotopic (exact) mass is 345 g/mol. The van der Waals surface area contributed by atoms with Crippen LogP contribution >= 0.6 is 0 Å². The van der Waals surface area contributed by atoms with Crippen LogP contribution < -0.4 is 10.6 Å². The Kier molecular flexibility index (Phi) is 5.99. The molecule has 26 heavy (non-hydrogen) atoms. The molecule has 132 valence electrons. The van der Waals surface area contributed by atoms with Gasteiger partial charge in [-0.05, 0) is 30.5 Å². The van der Waals surface area contributed by atoms with Crippen molar-refractivity contribution in [1.29, 1.82) is 0 Å². The number of aromatic nitrogens is 1. The van der Waals surface area contributed by atoms with Crippen LogP contribution in [0.2, 0.25) is 0 Å². The van der Waals surface area contributed by atoms with Gasteiger partial charge in [0.2, 0.25) is 0 Å². The molecule has 0 spiro atoms. The highest BCUT2D eigenvalue weighted by Gasteiger charge is 2.12. The first-order valence-electron chi connectivity index (χ1n) is 8.81. The number of nitrogens with one attached hydrogen (secondary N) is 2. The second kappa shape index (κ2) is 8.81. The van der Waals surface area contributed by atoms with Gasteiger partial charge in [-0.15, -0.1) is 0 Å². The summed E-state index contributed by atoms with van der Waals surface area (Å²) in [7, 11) is 0. The van der Waals surface area contributed by atoms with Crippen molar-refractivity contribution in [3.8, 4) is 0 Å². The highest BCUT2D eigenvalue weighted by molar-refractivity contribution is 5.94. The van der Waals surface area contributed by atoms with Gasteiger partial charge in [0.25, 0.3) is 5.91 Å². The van der Waals surface area contributed by atoms with Crippen molar-refractivity contribution in [3.63, 3.8) is 0 Å². The first-order valence-corrected chi connectivity index (χ1v) is 8.81. The lowest BCUT2D eigenvalue weighted by molar-refractivity contribution is 0.0939. The molecule has 3 rings (SSSR count).